The van der Waals surface area contributed by atoms with E-state index in [4.69, 9.17) is 0 Å². The van der Waals surface area contributed by atoms with E-state index in [9.17, 15) is 0 Å². The van der Waals surface area contributed by atoms with Crippen molar-refractivity contribution >= 4 is 9.52 Å². The van der Waals surface area contributed by atoms with E-state index in [-0.39, 0.29) is 12.3 Å². The van der Waals surface area contributed by atoms with Crippen LogP contribution in [0.1, 0.15) is 39.5 Å². The first-order chi connectivity index (χ1) is 4.41. The van der Waals surface area contributed by atoms with Crippen LogP contribution in [-0.2, 0) is 0 Å². The molecule has 0 heterocycles. The summed E-state index contributed by atoms with van der Waals surface area (Å²) in [5.74, 6) is 0. The third-order valence-electron chi connectivity index (χ3n) is 1.41. The fourth-order valence-electron chi connectivity index (χ4n) is 0.729. The van der Waals surface area contributed by atoms with Crippen LogP contribution in [0.4, 0.5) is 0 Å². The topological polar surface area (TPSA) is 70.0 Å². The van der Waals surface area contributed by atoms with Gasteiger partial charge in [0.2, 0.25) is 0 Å². The van der Waals surface area contributed by atoms with Gasteiger partial charge in [0.05, 0.1) is 0 Å². The third kappa shape index (κ3) is 17.8. The van der Waals surface area contributed by atoms with Crippen LogP contribution < -0.4 is 12.3 Å². The zero-order valence-corrected chi connectivity index (χ0v) is 9.16. The largest absolute Gasteiger partial charge is 0.344 e. The molecule has 2 nitrogen and oxygen atoms in total. The molecule has 0 saturated carbocycles. The molecule has 0 aliphatic heterocycles. The fourth-order valence-corrected chi connectivity index (χ4v) is 2.19. The Balaban J connectivity index is -0.000000320. The molecule has 0 aliphatic carbocycles. The molecule has 0 amide bonds. The van der Waals surface area contributed by atoms with Crippen LogP contribution in [0.15, 0.2) is 0 Å². The van der Waals surface area contributed by atoms with Crippen LogP contribution in [0.3, 0.4) is 0 Å². The molecule has 0 atom stereocenters. The highest BCUT2D eigenvalue weighted by molar-refractivity contribution is 6.35. The van der Waals surface area contributed by atoms with E-state index in [1.807, 2.05) is 0 Å². The normalized spacial score (nSPS) is 8.18. The summed E-state index contributed by atoms with van der Waals surface area (Å²) >= 11 is 0. The van der Waals surface area contributed by atoms with Crippen LogP contribution >= 0.6 is 0 Å². The fraction of sp³-hybridized carbons (Fsp3) is 1.00. The summed E-state index contributed by atoms with van der Waals surface area (Å²) in [7, 11) is 1.25. The smallest absolute Gasteiger partial charge is 0.0377 e. The lowest BCUT2D eigenvalue weighted by molar-refractivity contribution is 0.851. The Morgan fingerprint density at radius 2 is 1.18 bits per heavy atom. The maximum Gasteiger partial charge on any atom is 0.0377 e. The Morgan fingerprint density at radius 3 is 1.45 bits per heavy atom. The lowest BCUT2D eigenvalue weighted by Gasteiger charge is -1.94. The molecule has 0 fully saturated rings. The standard InChI is InChI=1S/C8H18Si.2H3N/c1-3-5-7-9-8-6-4-2;;/h3-8H2,1-2H3;2*1H3. The summed E-state index contributed by atoms with van der Waals surface area (Å²) in [6.45, 7) is 4.54. The first-order valence-corrected chi connectivity index (χ1v) is 5.54. The minimum atomic E-state index is 0. The van der Waals surface area contributed by atoms with Crippen molar-refractivity contribution < 1.29 is 0 Å². The molecule has 6 N–H and O–H groups in total. The molecule has 0 aromatic rings. The average Bonchev–Trinajstić information content (AvgIpc) is 1.89. The lowest BCUT2D eigenvalue weighted by Crippen LogP contribution is -1.87. The Hall–Kier alpha value is 0.137. The summed E-state index contributed by atoms with van der Waals surface area (Å²) in [5.41, 5.74) is 0. The third-order valence-corrected chi connectivity index (χ3v) is 2.83. The number of rotatable bonds is 6. The SMILES string of the molecule is CCCC[Si]CCCC.N.N. The first kappa shape index (κ1) is 17.3. The Kier molecular flexibility index (Phi) is 26.1. The summed E-state index contributed by atoms with van der Waals surface area (Å²) in [5, 5.41) is 0. The molecule has 0 aromatic carbocycles. The van der Waals surface area contributed by atoms with Gasteiger partial charge in [0.25, 0.3) is 0 Å². The van der Waals surface area contributed by atoms with Crippen LogP contribution in [-0.4, -0.2) is 9.52 Å². The second-order valence-electron chi connectivity index (χ2n) is 2.46. The maximum absolute atomic E-state index is 2.27. The van der Waals surface area contributed by atoms with E-state index >= 15 is 0 Å². The second kappa shape index (κ2) is 16.6. The van der Waals surface area contributed by atoms with E-state index in [2.05, 4.69) is 13.8 Å². The van der Waals surface area contributed by atoms with Crippen molar-refractivity contribution in [1.29, 1.82) is 0 Å². The van der Waals surface area contributed by atoms with E-state index in [1.54, 1.807) is 0 Å². The van der Waals surface area contributed by atoms with Gasteiger partial charge in [-0.1, -0.05) is 51.6 Å². The van der Waals surface area contributed by atoms with Crippen molar-refractivity contribution in [2.24, 2.45) is 0 Å². The number of unbranched alkanes of at least 4 members (excludes halogenated alkanes) is 2. The minimum absolute atomic E-state index is 0. The highest BCUT2D eigenvalue weighted by atomic mass is 28.2. The summed E-state index contributed by atoms with van der Waals surface area (Å²) < 4.78 is 0. The van der Waals surface area contributed by atoms with Crippen LogP contribution in [0.25, 0.3) is 0 Å². The van der Waals surface area contributed by atoms with Gasteiger partial charge >= 0.3 is 0 Å². The van der Waals surface area contributed by atoms with Gasteiger partial charge in [0.15, 0.2) is 0 Å². The monoisotopic (exact) mass is 176 g/mol. The molecule has 0 aromatic heterocycles. The van der Waals surface area contributed by atoms with Gasteiger partial charge < -0.3 is 12.3 Å². The van der Waals surface area contributed by atoms with E-state index < -0.39 is 0 Å². The molecule has 0 rings (SSSR count). The van der Waals surface area contributed by atoms with Crippen LogP contribution in [0.5, 0.6) is 0 Å². The van der Waals surface area contributed by atoms with Gasteiger partial charge in [-0.05, 0) is 0 Å². The molecular weight excluding hydrogens is 152 g/mol. The van der Waals surface area contributed by atoms with Gasteiger partial charge in [-0.25, -0.2) is 0 Å². The van der Waals surface area contributed by atoms with Crippen molar-refractivity contribution in [2.45, 2.75) is 51.6 Å². The second-order valence-corrected chi connectivity index (χ2v) is 3.96. The zero-order valence-electron chi connectivity index (χ0n) is 8.16. The minimum Gasteiger partial charge on any atom is -0.344 e. The number of hydrogen-bond donors (Lipinski definition) is 2. The average molecular weight is 176 g/mol. The van der Waals surface area contributed by atoms with Gasteiger partial charge in [0, 0.05) is 9.52 Å². The summed E-state index contributed by atoms with van der Waals surface area (Å²) in [6, 6.07) is 2.97. The maximum atomic E-state index is 2.27. The first-order valence-electron chi connectivity index (χ1n) is 4.12. The van der Waals surface area contributed by atoms with Crippen molar-refractivity contribution in [2.75, 3.05) is 0 Å². The van der Waals surface area contributed by atoms with Crippen LogP contribution in [0.2, 0.25) is 12.1 Å². The predicted octanol–water partition coefficient (Wildman–Crippen LogP) is 3.45. The van der Waals surface area contributed by atoms with E-state index in [0.29, 0.717) is 0 Å². The lowest BCUT2D eigenvalue weighted by atomic mass is 10.4. The Morgan fingerprint density at radius 1 is 0.818 bits per heavy atom. The molecule has 11 heavy (non-hydrogen) atoms. The Labute approximate surface area is 74.1 Å². The molecule has 0 bridgehead atoms. The summed E-state index contributed by atoms with van der Waals surface area (Å²) in [6.07, 6.45) is 5.64. The van der Waals surface area contributed by atoms with Gasteiger partial charge in [-0.3, -0.25) is 0 Å². The molecule has 70 valence electrons. The quantitative estimate of drug-likeness (QED) is 0.480. The molecule has 0 aliphatic rings. The molecule has 0 unspecified atom stereocenters. The molecular formula is C8H24N2Si. The van der Waals surface area contributed by atoms with Crippen LogP contribution in [0, 0.1) is 0 Å². The number of hydrogen-bond acceptors (Lipinski definition) is 2. The predicted molar refractivity (Wildman–Crippen MR) is 55.2 cm³/mol. The van der Waals surface area contributed by atoms with E-state index in [0.717, 1.165) is 0 Å². The summed E-state index contributed by atoms with van der Waals surface area (Å²) in [4.78, 5) is 0. The molecule has 3 heteroatoms. The zero-order chi connectivity index (χ0) is 6.95. The van der Waals surface area contributed by atoms with Crippen molar-refractivity contribution in [3.05, 3.63) is 0 Å². The van der Waals surface area contributed by atoms with Gasteiger partial charge in [-0.15, -0.1) is 0 Å². The Bertz CT molecular complexity index is 45.4. The van der Waals surface area contributed by atoms with Crippen molar-refractivity contribution in [3.63, 3.8) is 0 Å². The van der Waals surface area contributed by atoms with Crippen molar-refractivity contribution in [1.82, 2.24) is 12.3 Å². The highest BCUT2D eigenvalue weighted by Crippen LogP contribution is 1.99. The highest BCUT2D eigenvalue weighted by Gasteiger charge is 1.87. The van der Waals surface area contributed by atoms with E-state index in [1.165, 1.54) is 47.3 Å². The van der Waals surface area contributed by atoms with Gasteiger partial charge in [0.1, 0.15) is 0 Å². The van der Waals surface area contributed by atoms with Gasteiger partial charge in [-0.2, -0.15) is 0 Å². The van der Waals surface area contributed by atoms with Crippen molar-refractivity contribution in [3.8, 4) is 0 Å². The molecule has 2 radical (unpaired) electrons. The molecule has 0 spiro atoms. The molecule has 0 saturated heterocycles.